The van der Waals surface area contributed by atoms with Crippen molar-refractivity contribution in [3.63, 3.8) is 0 Å². The summed E-state index contributed by atoms with van der Waals surface area (Å²) in [6.07, 6.45) is 0. The monoisotopic (exact) mass is 448 g/mol. The van der Waals surface area contributed by atoms with Crippen LogP contribution in [-0.4, -0.2) is 34.1 Å². The second-order valence-corrected chi connectivity index (χ2v) is 8.17. The average molecular weight is 448 g/mol. The van der Waals surface area contributed by atoms with Gasteiger partial charge in [0.05, 0.1) is 22.8 Å². The highest BCUT2D eigenvalue weighted by Crippen LogP contribution is 2.34. The molecule has 0 aliphatic heterocycles. The number of hydrogen-bond donors (Lipinski definition) is 0. The first kappa shape index (κ1) is 23.6. The van der Waals surface area contributed by atoms with Crippen molar-refractivity contribution in [3.05, 3.63) is 82.0 Å². The van der Waals surface area contributed by atoms with Crippen molar-refractivity contribution in [1.82, 2.24) is 4.98 Å². The lowest BCUT2D eigenvalue weighted by Gasteiger charge is -2.22. The minimum absolute atomic E-state index is 0.0105. The number of pyridine rings is 1. The molecule has 0 N–H and O–H groups in total. The van der Waals surface area contributed by atoms with Crippen molar-refractivity contribution in [3.8, 4) is 22.4 Å². The van der Waals surface area contributed by atoms with E-state index in [2.05, 4.69) is 4.98 Å². The third-order valence-electron chi connectivity index (χ3n) is 4.54. The van der Waals surface area contributed by atoms with Crippen molar-refractivity contribution >= 4 is 17.6 Å². The highest BCUT2D eigenvalue weighted by molar-refractivity contribution is 6.05. The quantitative estimate of drug-likeness (QED) is 0.280. The fourth-order valence-electron chi connectivity index (χ4n) is 3.19. The second kappa shape index (κ2) is 9.60. The first-order valence-electron chi connectivity index (χ1n) is 10.4. The first-order chi connectivity index (χ1) is 15.6. The largest absolute Gasteiger partial charge is 0.461 e. The lowest BCUT2D eigenvalue weighted by Crippen LogP contribution is -2.25. The Kier molecular flexibility index (Phi) is 6.86. The van der Waals surface area contributed by atoms with Crippen molar-refractivity contribution in [1.29, 1.82) is 0 Å². The van der Waals surface area contributed by atoms with Crippen molar-refractivity contribution in [2.45, 2.75) is 33.3 Å². The van der Waals surface area contributed by atoms with Gasteiger partial charge in [0, 0.05) is 23.3 Å². The summed E-state index contributed by atoms with van der Waals surface area (Å²) in [6, 6.07) is 16.2. The van der Waals surface area contributed by atoms with Gasteiger partial charge in [-0.25, -0.2) is 14.6 Å². The highest BCUT2D eigenvalue weighted by Gasteiger charge is 2.28. The standard InChI is InChI=1S/C25H24N2O6/c1-5-32-23(28)20-15-19(16-9-7-6-8-10-16)21(24(29)33-25(2,3)4)22(26-20)17-11-13-18(14-12-17)27(30)31/h6-15H,5H2,1-4H3. The zero-order chi connectivity index (χ0) is 24.2. The van der Waals surface area contributed by atoms with Crippen LogP contribution in [0.25, 0.3) is 22.4 Å². The number of nitro groups is 1. The van der Waals surface area contributed by atoms with Gasteiger partial charge in [-0.3, -0.25) is 10.1 Å². The zero-order valence-corrected chi connectivity index (χ0v) is 18.8. The number of nitrogens with zero attached hydrogens (tertiary/aromatic N) is 2. The maximum Gasteiger partial charge on any atom is 0.356 e. The van der Waals surface area contributed by atoms with Crippen LogP contribution in [0.4, 0.5) is 5.69 Å². The summed E-state index contributed by atoms with van der Waals surface area (Å²) in [7, 11) is 0. The van der Waals surface area contributed by atoms with Gasteiger partial charge in [0.2, 0.25) is 0 Å². The summed E-state index contributed by atoms with van der Waals surface area (Å²) >= 11 is 0. The Balaban J connectivity index is 2.33. The predicted octanol–water partition coefficient (Wildman–Crippen LogP) is 5.46. The molecular weight excluding hydrogens is 424 g/mol. The van der Waals surface area contributed by atoms with Gasteiger partial charge in [0.25, 0.3) is 5.69 Å². The molecule has 1 aromatic heterocycles. The number of aromatic nitrogens is 1. The summed E-state index contributed by atoms with van der Waals surface area (Å²) in [4.78, 5) is 40.9. The van der Waals surface area contributed by atoms with Crippen LogP contribution in [0.1, 0.15) is 48.5 Å². The molecule has 0 aliphatic rings. The van der Waals surface area contributed by atoms with Crippen LogP contribution in [-0.2, 0) is 9.47 Å². The second-order valence-electron chi connectivity index (χ2n) is 8.17. The number of rotatable bonds is 6. The third kappa shape index (κ3) is 5.60. The van der Waals surface area contributed by atoms with Gasteiger partial charge >= 0.3 is 11.9 Å². The van der Waals surface area contributed by atoms with Gasteiger partial charge < -0.3 is 9.47 Å². The smallest absolute Gasteiger partial charge is 0.356 e. The number of esters is 2. The van der Waals surface area contributed by atoms with E-state index in [-0.39, 0.29) is 29.2 Å². The summed E-state index contributed by atoms with van der Waals surface area (Å²) in [6.45, 7) is 7.08. The van der Waals surface area contributed by atoms with Crippen molar-refractivity contribution < 1.29 is 24.0 Å². The summed E-state index contributed by atoms with van der Waals surface area (Å²) in [5.41, 5.74) is 0.980. The molecule has 0 spiro atoms. The molecular formula is C25H24N2O6. The van der Waals surface area contributed by atoms with E-state index in [1.807, 2.05) is 18.2 Å². The number of carbonyl (C=O) groups is 2. The molecule has 170 valence electrons. The van der Waals surface area contributed by atoms with E-state index >= 15 is 0 Å². The number of hydrogen-bond acceptors (Lipinski definition) is 7. The molecule has 2 aromatic carbocycles. The van der Waals surface area contributed by atoms with E-state index in [1.165, 1.54) is 30.3 Å². The fourth-order valence-corrected chi connectivity index (χ4v) is 3.19. The van der Waals surface area contributed by atoms with E-state index in [1.54, 1.807) is 39.8 Å². The minimum atomic E-state index is -0.780. The van der Waals surface area contributed by atoms with Gasteiger partial charge in [-0.15, -0.1) is 0 Å². The number of non-ortho nitro benzene ring substituents is 1. The maximum atomic E-state index is 13.3. The molecule has 0 amide bonds. The van der Waals surface area contributed by atoms with Crippen molar-refractivity contribution in [2.24, 2.45) is 0 Å². The molecule has 0 atom stereocenters. The number of benzene rings is 2. The van der Waals surface area contributed by atoms with E-state index in [0.717, 1.165) is 0 Å². The van der Waals surface area contributed by atoms with Gasteiger partial charge in [-0.1, -0.05) is 30.3 Å². The molecule has 0 aliphatic carbocycles. The maximum absolute atomic E-state index is 13.3. The van der Waals surface area contributed by atoms with E-state index in [9.17, 15) is 19.7 Å². The predicted molar refractivity (Wildman–Crippen MR) is 123 cm³/mol. The Morgan fingerprint density at radius 2 is 1.61 bits per heavy atom. The van der Waals surface area contributed by atoms with Crippen LogP contribution in [0.15, 0.2) is 60.7 Å². The van der Waals surface area contributed by atoms with Crippen LogP contribution in [0, 0.1) is 10.1 Å². The molecule has 0 bridgehead atoms. The summed E-state index contributed by atoms with van der Waals surface area (Å²) in [5, 5.41) is 11.1. The van der Waals surface area contributed by atoms with Gasteiger partial charge in [-0.05, 0) is 51.5 Å². The number of ether oxygens (including phenoxy) is 2. The molecule has 3 rings (SSSR count). The van der Waals surface area contributed by atoms with Crippen molar-refractivity contribution in [2.75, 3.05) is 6.61 Å². The summed E-state index contributed by atoms with van der Waals surface area (Å²) < 4.78 is 10.8. The van der Waals surface area contributed by atoms with Crippen LogP contribution in [0.3, 0.4) is 0 Å². The third-order valence-corrected chi connectivity index (χ3v) is 4.54. The van der Waals surface area contributed by atoms with Crippen LogP contribution in [0.2, 0.25) is 0 Å². The van der Waals surface area contributed by atoms with Gasteiger partial charge in [0.15, 0.2) is 0 Å². The van der Waals surface area contributed by atoms with Crippen LogP contribution < -0.4 is 0 Å². The molecule has 1 heterocycles. The average Bonchev–Trinajstić information content (AvgIpc) is 2.78. The van der Waals surface area contributed by atoms with Gasteiger partial charge in [0.1, 0.15) is 11.3 Å². The van der Waals surface area contributed by atoms with E-state index in [4.69, 9.17) is 9.47 Å². The van der Waals surface area contributed by atoms with E-state index in [0.29, 0.717) is 16.7 Å². The molecule has 33 heavy (non-hydrogen) atoms. The Bertz CT molecular complexity index is 1180. The number of carbonyl (C=O) groups excluding carboxylic acids is 2. The number of nitro benzene ring substituents is 1. The van der Waals surface area contributed by atoms with Crippen LogP contribution in [0.5, 0.6) is 0 Å². The molecule has 8 nitrogen and oxygen atoms in total. The molecule has 0 unspecified atom stereocenters. The highest BCUT2D eigenvalue weighted by atomic mass is 16.6. The molecule has 0 saturated carbocycles. The SMILES string of the molecule is CCOC(=O)c1cc(-c2ccccc2)c(C(=O)OC(C)(C)C)c(-c2ccc([N+](=O)[O-])cc2)n1. The molecule has 0 fully saturated rings. The Labute approximate surface area is 191 Å². The summed E-state index contributed by atoms with van der Waals surface area (Å²) in [5.74, 6) is -1.27. The fraction of sp³-hybridized carbons (Fsp3) is 0.240. The van der Waals surface area contributed by atoms with Gasteiger partial charge in [-0.2, -0.15) is 0 Å². The zero-order valence-electron chi connectivity index (χ0n) is 18.8. The Morgan fingerprint density at radius 1 is 0.970 bits per heavy atom. The molecule has 0 radical (unpaired) electrons. The molecule has 3 aromatic rings. The molecule has 0 saturated heterocycles. The first-order valence-corrected chi connectivity index (χ1v) is 10.4. The lowest BCUT2D eigenvalue weighted by molar-refractivity contribution is -0.384. The topological polar surface area (TPSA) is 109 Å². The minimum Gasteiger partial charge on any atom is -0.461 e. The molecule has 8 heteroatoms. The Hall–Kier alpha value is -4.07. The van der Waals surface area contributed by atoms with Crippen LogP contribution >= 0.6 is 0 Å². The lowest BCUT2D eigenvalue weighted by atomic mass is 9.94. The Morgan fingerprint density at radius 3 is 2.15 bits per heavy atom. The van der Waals surface area contributed by atoms with E-state index < -0.39 is 22.5 Å². The normalized spacial score (nSPS) is 11.0.